The van der Waals surface area contributed by atoms with E-state index in [4.69, 9.17) is 0 Å². The third-order valence-electron chi connectivity index (χ3n) is 0. The summed E-state index contributed by atoms with van der Waals surface area (Å²) in [6, 6.07) is 0. The number of rotatable bonds is 0. The third-order valence-corrected chi connectivity index (χ3v) is 0. The smallest absolute Gasteiger partial charge is 0.0461 e. The Bertz CT molecular complexity index is 81.8. The molecule has 0 spiro atoms. The Kier molecular flexibility index (Phi) is 102. The van der Waals surface area contributed by atoms with Crippen LogP contribution in [0.25, 0.3) is 0 Å². The SMILES string of the molecule is C=C.C=C.C[PH+](C)C.C[PH+](C)C.C[PH+](C)C.C[PH+](C)C.[W]. The van der Waals surface area contributed by atoms with Crippen molar-refractivity contribution in [3.63, 3.8) is 0 Å². The molecule has 0 aliphatic heterocycles. The molecule has 0 fully saturated rings. The van der Waals surface area contributed by atoms with Crippen LogP contribution < -0.4 is 0 Å². The van der Waals surface area contributed by atoms with Gasteiger partial charge in [-0.25, -0.2) is 0 Å². The molecule has 134 valence electrons. The van der Waals surface area contributed by atoms with Crippen molar-refractivity contribution in [2.24, 2.45) is 0 Å². The predicted octanol–water partition coefficient (Wildman–Crippen LogP) is 5.96. The first kappa shape index (κ1) is 43.4. The van der Waals surface area contributed by atoms with Crippen molar-refractivity contribution < 1.29 is 21.1 Å². The fraction of sp³-hybridized carbons (Fsp3) is 0.750. The van der Waals surface area contributed by atoms with Crippen LogP contribution in [-0.4, -0.2) is 80.0 Å². The summed E-state index contributed by atoms with van der Waals surface area (Å²) >= 11 is 0. The Labute approximate surface area is 158 Å². The molecule has 21 heavy (non-hydrogen) atoms. The van der Waals surface area contributed by atoms with Gasteiger partial charge in [0, 0.05) is 101 Å². The van der Waals surface area contributed by atoms with Crippen LogP contribution in [0.5, 0.6) is 0 Å². The van der Waals surface area contributed by atoms with Gasteiger partial charge in [0.15, 0.2) is 0 Å². The quantitative estimate of drug-likeness (QED) is 0.259. The Balaban J connectivity index is -0.0000000227. The Morgan fingerprint density at radius 1 is 0.333 bits per heavy atom. The average molecular weight is 548 g/mol. The van der Waals surface area contributed by atoms with E-state index >= 15 is 0 Å². The minimum atomic E-state index is 0. The Morgan fingerprint density at radius 3 is 0.333 bits per heavy atom. The molecular formula is C16H48P4W+4. The van der Waals surface area contributed by atoms with Gasteiger partial charge in [0.25, 0.3) is 0 Å². The second-order valence-corrected chi connectivity index (χ2v) is 18.0. The van der Waals surface area contributed by atoms with E-state index in [1.807, 2.05) is 0 Å². The summed E-state index contributed by atoms with van der Waals surface area (Å²) in [6.45, 7) is 39.2. The monoisotopic (exact) mass is 548 g/mol. The normalized spacial score (nSPS) is 7.24. The Morgan fingerprint density at radius 2 is 0.333 bits per heavy atom. The van der Waals surface area contributed by atoms with Gasteiger partial charge in [-0.15, -0.1) is 26.3 Å². The van der Waals surface area contributed by atoms with Crippen molar-refractivity contribution in [2.45, 2.75) is 0 Å². The molecule has 0 saturated carbocycles. The molecule has 0 N–H and O–H groups in total. The largest absolute Gasteiger partial charge is 0.106 e. The van der Waals surface area contributed by atoms with Crippen LogP contribution in [0.15, 0.2) is 26.3 Å². The van der Waals surface area contributed by atoms with E-state index in [-0.39, 0.29) is 52.8 Å². The molecule has 0 atom stereocenters. The molecule has 0 saturated heterocycles. The average Bonchev–Trinajstić information content (AvgIpc) is 2.19. The maximum Gasteiger partial charge on any atom is 0.0461 e. The van der Waals surface area contributed by atoms with Crippen LogP contribution in [-0.2, 0) is 21.1 Å². The van der Waals surface area contributed by atoms with E-state index < -0.39 is 0 Å². The van der Waals surface area contributed by atoms with Gasteiger partial charge in [0.1, 0.15) is 0 Å². The first-order chi connectivity index (χ1) is 8.93. The summed E-state index contributed by atoms with van der Waals surface area (Å²) in [6.07, 6.45) is 0. The van der Waals surface area contributed by atoms with Crippen LogP contribution in [0.1, 0.15) is 0 Å². The molecule has 0 aliphatic carbocycles. The minimum Gasteiger partial charge on any atom is -0.106 e. The molecule has 0 amide bonds. The molecule has 0 aromatic rings. The molecule has 0 aromatic heterocycles. The van der Waals surface area contributed by atoms with Gasteiger partial charge in [0.05, 0.1) is 0 Å². The molecule has 0 radical (unpaired) electrons. The first-order valence-electron chi connectivity index (χ1n) is 7.00. The third kappa shape index (κ3) is 2430. The van der Waals surface area contributed by atoms with Crippen molar-refractivity contribution in [1.29, 1.82) is 0 Å². The van der Waals surface area contributed by atoms with Crippen molar-refractivity contribution in [3.8, 4) is 0 Å². The second kappa shape index (κ2) is 49.5. The molecule has 0 nitrogen and oxygen atoms in total. The van der Waals surface area contributed by atoms with E-state index in [1.54, 1.807) is 0 Å². The number of hydrogen-bond acceptors (Lipinski definition) is 0. The van der Waals surface area contributed by atoms with Crippen molar-refractivity contribution in [2.75, 3.05) is 80.0 Å². The molecular weight excluding hydrogens is 500 g/mol. The van der Waals surface area contributed by atoms with Crippen LogP contribution in [0.2, 0.25) is 0 Å². The predicted molar refractivity (Wildman–Crippen MR) is 127 cm³/mol. The topological polar surface area (TPSA) is 0 Å². The van der Waals surface area contributed by atoms with Crippen LogP contribution in [0, 0.1) is 0 Å². The van der Waals surface area contributed by atoms with Gasteiger partial charge < -0.3 is 0 Å². The zero-order valence-electron chi connectivity index (χ0n) is 17.2. The van der Waals surface area contributed by atoms with Gasteiger partial charge in [-0.05, 0) is 31.7 Å². The fourth-order valence-electron chi connectivity index (χ4n) is 0. The Hall–Kier alpha value is 1.89. The van der Waals surface area contributed by atoms with Gasteiger partial charge in [-0.1, -0.05) is 0 Å². The molecule has 0 unspecified atom stereocenters. The van der Waals surface area contributed by atoms with Crippen molar-refractivity contribution in [1.82, 2.24) is 0 Å². The van der Waals surface area contributed by atoms with Crippen LogP contribution in [0.3, 0.4) is 0 Å². The van der Waals surface area contributed by atoms with Crippen molar-refractivity contribution in [3.05, 3.63) is 26.3 Å². The summed E-state index contributed by atoms with van der Waals surface area (Å²) in [5, 5.41) is 0. The first-order valence-corrected chi connectivity index (χ1v) is 19.0. The van der Waals surface area contributed by atoms with E-state index in [0.29, 0.717) is 0 Å². The summed E-state index contributed by atoms with van der Waals surface area (Å²) in [4.78, 5) is 0. The zero-order valence-corrected chi connectivity index (χ0v) is 24.2. The number of hydrogen-bond donors (Lipinski definition) is 0. The summed E-state index contributed by atoms with van der Waals surface area (Å²) in [5.74, 6) is 0. The molecule has 0 aliphatic rings. The van der Waals surface area contributed by atoms with Crippen molar-refractivity contribution >= 4 is 31.7 Å². The van der Waals surface area contributed by atoms with E-state index in [0.717, 1.165) is 0 Å². The summed E-state index contributed by atoms with van der Waals surface area (Å²) in [7, 11) is 0.481. The standard InChI is InChI=1S/4C3H9P.2C2H4.W/c4*1-4(2)3;2*1-2;/h4*1-3H3;2*1-2H2;/p+4. The zero-order chi connectivity index (χ0) is 18.3. The second-order valence-electron chi connectivity index (χ2n) is 6.00. The van der Waals surface area contributed by atoms with Crippen LogP contribution >= 0.6 is 31.7 Å². The summed E-state index contributed by atoms with van der Waals surface area (Å²) in [5.41, 5.74) is 0. The molecule has 0 bridgehead atoms. The molecule has 5 heteroatoms. The van der Waals surface area contributed by atoms with Gasteiger partial charge in [0.2, 0.25) is 0 Å². The van der Waals surface area contributed by atoms with Gasteiger partial charge >= 0.3 is 0 Å². The van der Waals surface area contributed by atoms with E-state index in [1.165, 1.54) is 0 Å². The molecule has 0 rings (SSSR count). The summed E-state index contributed by atoms with van der Waals surface area (Å²) < 4.78 is 0. The molecule has 0 heterocycles. The van der Waals surface area contributed by atoms with Gasteiger partial charge in [-0.3, -0.25) is 0 Å². The minimum absolute atomic E-state index is 0. The maximum absolute atomic E-state index is 3.00. The van der Waals surface area contributed by atoms with Gasteiger partial charge in [-0.2, -0.15) is 0 Å². The van der Waals surface area contributed by atoms with E-state index in [2.05, 4.69) is 106 Å². The molecule has 0 aromatic carbocycles. The fourth-order valence-corrected chi connectivity index (χ4v) is 0. The van der Waals surface area contributed by atoms with Crippen LogP contribution in [0.4, 0.5) is 0 Å². The maximum atomic E-state index is 3.00. The van der Waals surface area contributed by atoms with E-state index in [9.17, 15) is 0 Å².